The predicted molar refractivity (Wildman–Crippen MR) is 147 cm³/mol. The van der Waals surface area contributed by atoms with E-state index in [4.69, 9.17) is 14.2 Å². The molecule has 4 rings (SSSR count). The Hall–Kier alpha value is -3.92. The van der Waals surface area contributed by atoms with Gasteiger partial charge in [-0.2, -0.15) is 0 Å². The van der Waals surface area contributed by atoms with E-state index in [2.05, 4.69) is 22.8 Å². The lowest BCUT2D eigenvalue weighted by atomic mass is 9.98. The summed E-state index contributed by atoms with van der Waals surface area (Å²) in [6, 6.07) is 14.1. The van der Waals surface area contributed by atoms with Crippen molar-refractivity contribution < 1.29 is 33.4 Å². The molecular weight excluding hydrogens is 514 g/mol. The average molecular weight is 552 g/mol. The normalized spacial score (nSPS) is 19.7. The number of hydrogen-bond donors (Lipinski definition) is 2. The molecule has 0 saturated carbocycles. The van der Waals surface area contributed by atoms with E-state index in [0.717, 1.165) is 22.3 Å². The zero-order valence-electron chi connectivity index (χ0n) is 23.8. The standard InChI is InChI=1S/C30H37N3O7/c1-18(25(34)33-17-38-16-30(33,6)27(36)31-19(2)26(35)40-29(3,4)5)32-28(37)39-15-24-22-13-9-7-11-20(22)21-12-8-10-14-23(21)24/h7-14,18-19,24H,15-17H2,1-6H3,(H,31,36)(H,32,37)/t18-,19-,30+/m0/s1. The first-order chi connectivity index (χ1) is 18.8. The van der Waals surface area contributed by atoms with Crippen molar-refractivity contribution in [3.63, 3.8) is 0 Å². The zero-order valence-corrected chi connectivity index (χ0v) is 23.8. The number of alkyl carbamates (subject to hydrolysis) is 1. The molecule has 2 aromatic carbocycles. The second kappa shape index (κ2) is 11.3. The Labute approximate surface area is 234 Å². The first-order valence-corrected chi connectivity index (χ1v) is 13.4. The van der Waals surface area contributed by atoms with Gasteiger partial charge in [0.1, 0.15) is 36.6 Å². The van der Waals surface area contributed by atoms with E-state index < -0.39 is 47.1 Å². The minimum Gasteiger partial charge on any atom is -0.458 e. The van der Waals surface area contributed by atoms with Gasteiger partial charge in [-0.3, -0.25) is 9.59 Å². The van der Waals surface area contributed by atoms with E-state index in [1.807, 2.05) is 36.4 Å². The maximum absolute atomic E-state index is 13.3. The number of rotatable bonds is 7. The molecule has 2 N–H and O–H groups in total. The van der Waals surface area contributed by atoms with Crippen LogP contribution in [-0.2, 0) is 28.6 Å². The number of carbonyl (C=O) groups excluding carboxylic acids is 4. The summed E-state index contributed by atoms with van der Waals surface area (Å²) in [5, 5.41) is 5.19. The third kappa shape index (κ3) is 5.96. The van der Waals surface area contributed by atoms with Crippen molar-refractivity contribution in [3.05, 3.63) is 59.7 Å². The van der Waals surface area contributed by atoms with Gasteiger partial charge in [0.05, 0.1) is 6.61 Å². The lowest BCUT2D eigenvalue weighted by molar-refractivity contribution is -0.159. The summed E-state index contributed by atoms with van der Waals surface area (Å²) in [7, 11) is 0. The molecule has 1 aliphatic heterocycles. The van der Waals surface area contributed by atoms with Gasteiger partial charge in [0.25, 0.3) is 0 Å². The molecule has 10 heteroatoms. The van der Waals surface area contributed by atoms with Gasteiger partial charge in [0.15, 0.2) is 0 Å². The highest BCUT2D eigenvalue weighted by Gasteiger charge is 2.48. The van der Waals surface area contributed by atoms with Gasteiger partial charge in [0, 0.05) is 5.92 Å². The Morgan fingerprint density at radius 3 is 2.12 bits per heavy atom. The number of esters is 1. The van der Waals surface area contributed by atoms with Crippen molar-refractivity contribution in [3.8, 4) is 11.1 Å². The number of amides is 3. The Morgan fingerprint density at radius 2 is 1.55 bits per heavy atom. The summed E-state index contributed by atoms with van der Waals surface area (Å²) in [5.74, 6) is -1.79. The molecule has 0 bridgehead atoms. The Balaban J connectivity index is 1.35. The summed E-state index contributed by atoms with van der Waals surface area (Å²) in [5.41, 5.74) is 2.30. The smallest absolute Gasteiger partial charge is 0.407 e. The van der Waals surface area contributed by atoms with E-state index in [-0.39, 0.29) is 25.9 Å². The highest BCUT2D eigenvalue weighted by molar-refractivity contribution is 5.96. The maximum atomic E-state index is 13.3. The second-order valence-corrected chi connectivity index (χ2v) is 11.4. The van der Waals surface area contributed by atoms with Crippen LogP contribution in [0.2, 0.25) is 0 Å². The van der Waals surface area contributed by atoms with Gasteiger partial charge in [0.2, 0.25) is 11.8 Å². The van der Waals surface area contributed by atoms with E-state index in [1.165, 1.54) is 18.7 Å². The van der Waals surface area contributed by atoms with Gasteiger partial charge in [-0.05, 0) is 63.8 Å². The fourth-order valence-electron chi connectivity index (χ4n) is 4.96. The lowest BCUT2D eigenvalue weighted by Crippen LogP contribution is -2.62. The van der Waals surface area contributed by atoms with Crippen LogP contribution < -0.4 is 10.6 Å². The Morgan fingerprint density at radius 1 is 0.975 bits per heavy atom. The summed E-state index contributed by atoms with van der Waals surface area (Å²) in [6.45, 7) is 9.68. The van der Waals surface area contributed by atoms with Gasteiger partial charge in [-0.15, -0.1) is 0 Å². The highest BCUT2D eigenvalue weighted by atomic mass is 16.6. The number of fused-ring (bicyclic) bond motifs is 3. The first kappa shape index (κ1) is 29.1. The highest BCUT2D eigenvalue weighted by Crippen LogP contribution is 2.44. The molecule has 3 atom stereocenters. The molecule has 0 unspecified atom stereocenters. The number of hydrogen-bond acceptors (Lipinski definition) is 7. The molecule has 0 radical (unpaired) electrons. The molecule has 0 aromatic heterocycles. The first-order valence-electron chi connectivity index (χ1n) is 13.4. The number of benzene rings is 2. The van der Waals surface area contributed by atoms with Gasteiger partial charge >= 0.3 is 12.1 Å². The summed E-state index contributed by atoms with van der Waals surface area (Å²) in [4.78, 5) is 52.8. The molecule has 214 valence electrons. The summed E-state index contributed by atoms with van der Waals surface area (Å²) < 4.78 is 16.3. The maximum Gasteiger partial charge on any atom is 0.407 e. The summed E-state index contributed by atoms with van der Waals surface area (Å²) >= 11 is 0. The number of nitrogens with one attached hydrogen (secondary N) is 2. The molecular formula is C30H37N3O7. The number of ether oxygens (including phenoxy) is 3. The SMILES string of the molecule is C[C@H](NC(=O)[C@@]1(C)COCN1C(=O)[C@H](C)NC(=O)OCC1c2ccccc2-c2ccccc21)C(=O)OC(C)(C)C. The van der Waals surface area contributed by atoms with Crippen LogP contribution in [0.1, 0.15) is 58.6 Å². The average Bonchev–Trinajstić information content (AvgIpc) is 3.44. The van der Waals surface area contributed by atoms with Crippen LogP contribution in [0.5, 0.6) is 0 Å². The quantitative estimate of drug-likeness (QED) is 0.506. The Kier molecular flexibility index (Phi) is 8.20. The molecule has 1 aliphatic carbocycles. The van der Waals surface area contributed by atoms with Crippen molar-refractivity contribution in [2.75, 3.05) is 19.9 Å². The van der Waals surface area contributed by atoms with E-state index in [0.29, 0.717) is 0 Å². The molecule has 0 spiro atoms. The van der Waals surface area contributed by atoms with Crippen molar-refractivity contribution in [2.24, 2.45) is 0 Å². The van der Waals surface area contributed by atoms with E-state index in [9.17, 15) is 19.2 Å². The molecule has 3 amide bonds. The van der Waals surface area contributed by atoms with Crippen LogP contribution in [0.3, 0.4) is 0 Å². The largest absolute Gasteiger partial charge is 0.458 e. The molecule has 1 heterocycles. The fraction of sp³-hybridized carbons (Fsp3) is 0.467. The van der Waals surface area contributed by atoms with E-state index in [1.54, 1.807) is 27.7 Å². The van der Waals surface area contributed by atoms with Crippen LogP contribution >= 0.6 is 0 Å². The van der Waals surface area contributed by atoms with Crippen molar-refractivity contribution in [1.29, 1.82) is 0 Å². The minimum atomic E-state index is -1.38. The molecule has 10 nitrogen and oxygen atoms in total. The van der Waals surface area contributed by atoms with Crippen molar-refractivity contribution in [2.45, 2.75) is 70.7 Å². The van der Waals surface area contributed by atoms with Crippen LogP contribution in [0.25, 0.3) is 11.1 Å². The van der Waals surface area contributed by atoms with E-state index >= 15 is 0 Å². The van der Waals surface area contributed by atoms with Crippen LogP contribution in [0.4, 0.5) is 4.79 Å². The van der Waals surface area contributed by atoms with Crippen LogP contribution in [0, 0.1) is 0 Å². The lowest BCUT2D eigenvalue weighted by Gasteiger charge is -2.34. The third-order valence-electron chi connectivity index (χ3n) is 7.11. The second-order valence-electron chi connectivity index (χ2n) is 11.4. The zero-order chi connectivity index (χ0) is 29.2. The summed E-state index contributed by atoms with van der Waals surface area (Å²) in [6.07, 6.45) is -0.743. The molecule has 2 aliphatic rings. The molecule has 1 saturated heterocycles. The van der Waals surface area contributed by atoms with Gasteiger partial charge < -0.3 is 29.7 Å². The molecule has 2 aromatic rings. The monoisotopic (exact) mass is 551 g/mol. The predicted octanol–water partition coefficient (Wildman–Crippen LogP) is 3.34. The Bertz CT molecular complexity index is 1260. The van der Waals surface area contributed by atoms with Crippen molar-refractivity contribution in [1.82, 2.24) is 15.5 Å². The minimum absolute atomic E-state index is 0.0662. The van der Waals surface area contributed by atoms with Crippen LogP contribution in [0.15, 0.2) is 48.5 Å². The van der Waals surface area contributed by atoms with Crippen molar-refractivity contribution >= 4 is 23.9 Å². The van der Waals surface area contributed by atoms with Gasteiger partial charge in [-0.25, -0.2) is 9.59 Å². The fourth-order valence-corrected chi connectivity index (χ4v) is 4.96. The number of nitrogens with zero attached hydrogens (tertiary/aromatic N) is 1. The molecule has 40 heavy (non-hydrogen) atoms. The van der Waals surface area contributed by atoms with Crippen LogP contribution in [-0.4, -0.2) is 71.9 Å². The number of carbonyl (C=O) groups is 4. The molecule has 1 fully saturated rings. The van der Waals surface area contributed by atoms with Gasteiger partial charge in [-0.1, -0.05) is 48.5 Å². The topological polar surface area (TPSA) is 123 Å². The third-order valence-corrected chi connectivity index (χ3v) is 7.11.